The molecule has 142 valence electrons. The number of piperidine rings is 1. The van der Waals surface area contributed by atoms with Crippen molar-refractivity contribution < 1.29 is 4.74 Å². The zero-order chi connectivity index (χ0) is 17.4. The second-order valence-electron chi connectivity index (χ2n) is 8.38. The van der Waals surface area contributed by atoms with Crippen LogP contribution in [0.4, 0.5) is 0 Å². The summed E-state index contributed by atoms with van der Waals surface area (Å²) in [4.78, 5) is 2.62. The predicted octanol–water partition coefficient (Wildman–Crippen LogP) is 4.46. The fourth-order valence-corrected chi connectivity index (χ4v) is 4.34. The van der Waals surface area contributed by atoms with E-state index in [-0.39, 0.29) is 0 Å². The minimum absolute atomic E-state index is 0.512. The Morgan fingerprint density at radius 3 is 2.21 bits per heavy atom. The van der Waals surface area contributed by atoms with Gasteiger partial charge in [0.25, 0.3) is 0 Å². The summed E-state index contributed by atoms with van der Waals surface area (Å²) >= 11 is 0. The fourth-order valence-electron chi connectivity index (χ4n) is 4.34. The minimum Gasteiger partial charge on any atom is -0.377 e. The average Bonchev–Trinajstić information content (AvgIpc) is 2.63. The number of nitrogens with zero attached hydrogens (tertiary/aromatic N) is 1. The molecule has 1 saturated heterocycles. The van der Waals surface area contributed by atoms with Gasteiger partial charge in [-0.1, -0.05) is 27.2 Å². The Kier molecular flexibility index (Phi) is 9.07. The molecule has 2 aliphatic rings. The lowest BCUT2D eigenvalue weighted by molar-refractivity contribution is 0.00535. The Balaban J connectivity index is 1.53. The summed E-state index contributed by atoms with van der Waals surface area (Å²) in [5.74, 6) is 1.86. The van der Waals surface area contributed by atoms with Gasteiger partial charge in [0, 0.05) is 18.6 Å². The van der Waals surface area contributed by atoms with E-state index in [2.05, 4.69) is 37.9 Å². The molecule has 3 heteroatoms. The molecule has 2 fully saturated rings. The molecule has 0 spiro atoms. The van der Waals surface area contributed by atoms with Crippen molar-refractivity contribution in [3.8, 4) is 0 Å². The number of nitrogens with one attached hydrogen (secondary N) is 1. The third-order valence-electron chi connectivity index (χ3n) is 6.65. The summed E-state index contributed by atoms with van der Waals surface area (Å²) in [6.45, 7) is 14.0. The van der Waals surface area contributed by atoms with Gasteiger partial charge in [-0.15, -0.1) is 0 Å². The van der Waals surface area contributed by atoms with Crippen molar-refractivity contribution >= 4 is 0 Å². The third-order valence-corrected chi connectivity index (χ3v) is 6.65. The SMILES string of the molecule is CCC(C)N[C@H]1CC[C@H](OCCN2CCC(C(C)CC)CC2)CC1. The first-order valence-corrected chi connectivity index (χ1v) is 10.7. The monoisotopic (exact) mass is 338 g/mol. The van der Waals surface area contributed by atoms with Crippen molar-refractivity contribution in [2.75, 3.05) is 26.2 Å². The molecular formula is C21H42N2O. The van der Waals surface area contributed by atoms with Crippen LogP contribution in [0.5, 0.6) is 0 Å². The normalized spacial score (nSPS) is 29.5. The maximum absolute atomic E-state index is 6.19. The lowest BCUT2D eigenvalue weighted by Crippen LogP contribution is -2.41. The van der Waals surface area contributed by atoms with E-state index in [4.69, 9.17) is 4.74 Å². The molecule has 2 atom stereocenters. The molecule has 1 heterocycles. The van der Waals surface area contributed by atoms with E-state index in [0.717, 1.165) is 31.0 Å². The molecule has 0 bridgehead atoms. The molecule has 0 aromatic rings. The number of ether oxygens (including phenoxy) is 1. The maximum Gasteiger partial charge on any atom is 0.0597 e. The Morgan fingerprint density at radius 2 is 1.62 bits per heavy atom. The topological polar surface area (TPSA) is 24.5 Å². The smallest absolute Gasteiger partial charge is 0.0597 e. The lowest BCUT2D eigenvalue weighted by Gasteiger charge is -2.35. The molecule has 0 amide bonds. The van der Waals surface area contributed by atoms with Crippen LogP contribution in [0.15, 0.2) is 0 Å². The Morgan fingerprint density at radius 1 is 0.958 bits per heavy atom. The zero-order valence-electron chi connectivity index (χ0n) is 16.7. The van der Waals surface area contributed by atoms with Gasteiger partial charge in [0.1, 0.15) is 0 Å². The molecule has 0 aromatic heterocycles. The first kappa shape index (κ1) is 20.2. The van der Waals surface area contributed by atoms with Crippen LogP contribution in [-0.2, 0) is 4.74 Å². The van der Waals surface area contributed by atoms with Gasteiger partial charge < -0.3 is 15.0 Å². The van der Waals surface area contributed by atoms with Crippen molar-refractivity contribution in [3.63, 3.8) is 0 Å². The van der Waals surface area contributed by atoms with Crippen LogP contribution < -0.4 is 5.32 Å². The molecule has 1 saturated carbocycles. The van der Waals surface area contributed by atoms with Gasteiger partial charge in [0.15, 0.2) is 0 Å². The van der Waals surface area contributed by atoms with E-state index < -0.39 is 0 Å². The van der Waals surface area contributed by atoms with Crippen molar-refractivity contribution in [2.24, 2.45) is 11.8 Å². The number of hydrogen-bond acceptors (Lipinski definition) is 3. The molecule has 3 nitrogen and oxygen atoms in total. The summed E-state index contributed by atoms with van der Waals surface area (Å²) in [5.41, 5.74) is 0. The summed E-state index contributed by atoms with van der Waals surface area (Å²) in [7, 11) is 0. The fraction of sp³-hybridized carbons (Fsp3) is 1.00. The molecule has 1 N–H and O–H groups in total. The van der Waals surface area contributed by atoms with Gasteiger partial charge >= 0.3 is 0 Å². The van der Waals surface area contributed by atoms with Crippen LogP contribution in [0.1, 0.15) is 79.1 Å². The lowest BCUT2D eigenvalue weighted by atomic mass is 9.84. The van der Waals surface area contributed by atoms with Gasteiger partial charge in [-0.3, -0.25) is 0 Å². The Hall–Kier alpha value is -0.120. The van der Waals surface area contributed by atoms with E-state index in [9.17, 15) is 0 Å². The molecular weight excluding hydrogens is 296 g/mol. The van der Waals surface area contributed by atoms with Crippen LogP contribution in [0, 0.1) is 11.8 Å². The number of hydrogen-bond donors (Lipinski definition) is 1. The molecule has 1 aliphatic heterocycles. The van der Waals surface area contributed by atoms with Crippen LogP contribution in [0.3, 0.4) is 0 Å². The van der Waals surface area contributed by atoms with Crippen molar-refractivity contribution in [1.82, 2.24) is 10.2 Å². The Labute approximate surface area is 150 Å². The van der Waals surface area contributed by atoms with E-state index in [1.54, 1.807) is 0 Å². The second kappa shape index (κ2) is 10.8. The predicted molar refractivity (Wildman–Crippen MR) is 104 cm³/mol. The van der Waals surface area contributed by atoms with Crippen molar-refractivity contribution in [3.05, 3.63) is 0 Å². The highest BCUT2D eigenvalue weighted by Gasteiger charge is 2.24. The molecule has 0 aromatic carbocycles. The highest BCUT2D eigenvalue weighted by Crippen LogP contribution is 2.27. The third kappa shape index (κ3) is 6.65. The van der Waals surface area contributed by atoms with Gasteiger partial charge in [-0.2, -0.15) is 0 Å². The standard InChI is InChI=1S/C21H42N2O/c1-5-17(3)19-11-13-23(14-12-19)15-16-24-21-9-7-20(8-10-21)22-18(4)6-2/h17-22H,5-16H2,1-4H3/t17?,18?,20-,21-. The van der Waals surface area contributed by atoms with Crippen LogP contribution >= 0.6 is 0 Å². The van der Waals surface area contributed by atoms with E-state index in [1.807, 2.05) is 0 Å². The van der Waals surface area contributed by atoms with Gasteiger partial charge in [0.05, 0.1) is 12.7 Å². The maximum atomic E-state index is 6.19. The van der Waals surface area contributed by atoms with E-state index in [0.29, 0.717) is 12.1 Å². The molecule has 1 aliphatic carbocycles. The highest BCUT2D eigenvalue weighted by molar-refractivity contribution is 4.80. The van der Waals surface area contributed by atoms with E-state index in [1.165, 1.54) is 64.5 Å². The summed E-state index contributed by atoms with van der Waals surface area (Å²) in [6, 6.07) is 1.38. The van der Waals surface area contributed by atoms with Gasteiger partial charge in [-0.25, -0.2) is 0 Å². The zero-order valence-corrected chi connectivity index (χ0v) is 16.7. The van der Waals surface area contributed by atoms with Crippen LogP contribution in [0.2, 0.25) is 0 Å². The largest absolute Gasteiger partial charge is 0.377 e. The summed E-state index contributed by atoms with van der Waals surface area (Å²) in [5, 5.41) is 3.75. The summed E-state index contributed by atoms with van der Waals surface area (Å²) in [6.07, 6.45) is 10.9. The summed E-state index contributed by atoms with van der Waals surface area (Å²) < 4.78 is 6.19. The quantitative estimate of drug-likeness (QED) is 0.672. The highest BCUT2D eigenvalue weighted by atomic mass is 16.5. The Bertz CT molecular complexity index is 320. The van der Waals surface area contributed by atoms with E-state index >= 15 is 0 Å². The average molecular weight is 339 g/mol. The van der Waals surface area contributed by atoms with Gasteiger partial charge in [0.2, 0.25) is 0 Å². The first-order valence-electron chi connectivity index (χ1n) is 10.7. The first-order chi connectivity index (χ1) is 11.6. The van der Waals surface area contributed by atoms with Crippen molar-refractivity contribution in [1.29, 1.82) is 0 Å². The van der Waals surface area contributed by atoms with Crippen LogP contribution in [-0.4, -0.2) is 49.3 Å². The van der Waals surface area contributed by atoms with Crippen LogP contribution in [0.25, 0.3) is 0 Å². The minimum atomic E-state index is 0.512. The number of likely N-dealkylation sites (tertiary alicyclic amines) is 1. The number of rotatable bonds is 9. The molecule has 0 radical (unpaired) electrons. The second-order valence-corrected chi connectivity index (χ2v) is 8.38. The molecule has 24 heavy (non-hydrogen) atoms. The molecule has 2 unspecified atom stereocenters. The molecule has 2 rings (SSSR count). The van der Waals surface area contributed by atoms with Gasteiger partial charge in [-0.05, 0) is 76.8 Å². The van der Waals surface area contributed by atoms with Crippen molar-refractivity contribution in [2.45, 2.75) is 97.2 Å².